The van der Waals surface area contributed by atoms with Gasteiger partial charge in [0, 0.05) is 50.3 Å². The molecule has 2 aromatic heterocycles. The van der Waals surface area contributed by atoms with Gasteiger partial charge in [-0.15, -0.1) is 5.10 Å². The zero-order valence-electron chi connectivity index (χ0n) is 16.3. The number of hydrogen-bond acceptors (Lipinski definition) is 7. The molecule has 3 heterocycles. The van der Waals surface area contributed by atoms with Crippen LogP contribution in [0, 0.1) is 10.1 Å². The molecule has 8 nitrogen and oxygen atoms in total. The number of hydrogen-bond donors (Lipinski definition) is 0. The standard InChI is InChI=1S/C19H24N6O2S/c1-19(2,3)16-13-24-17(20-16)28-18(21-24)23-9-7-22(8-10-23)12-14-5-4-6-15(11-14)25(26)27/h4-6,11,13H,7-10,12H2,1-3H3. The third-order valence-corrected chi connectivity index (χ3v) is 5.95. The number of fused-ring (bicyclic) bond motifs is 1. The van der Waals surface area contributed by atoms with Crippen molar-refractivity contribution >= 4 is 27.1 Å². The molecule has 0 aliphatic carbocycles. The molecule has 0 radical (unpaired) electrons. The van der Waals surface area contributed by atoms with E-state index in [1.165, 1.54) is 6.07 Å². The van der Waals surface area contributed by atoms with Crippen molar-refractivity contribution in [2.45, 2.75) is 32.7 Å². The number of imidazole rings is 1. The summed E-state index contributed by atoms with van der Waals surface area (Å²) in [4.78, 5) is 20.9. The highest BCUT2D eigenvalue weighted by atomic mass is 32.1. The summed E-state index contributed by atoms with van der Waals surface area (Å²) in [5.41, 5.74) is 2.20. The largest absolute Gasteiger partial charge is 0.344 e. The van der Waals surface area contributed by atoms with E-state index in [9.17, 15) is 10.1 Å². The number of anilines is 1. The Bertz CT molecular complexity index is 966. The maximum absolute atomic E-state index is 10.9. The number of aromatic nitrogens is 3. The van der Waals surface area contributed by atoms with E-state index in [4.69, 9.17) is 10.1 Å². The van der Waals surface area contributed by atoms with Crippen LogP contribution < -0.4 is 4.90 Å². The Morgan fingerprint density at radius 3 is 2.61 bits per heavy atom. The van der Waals surface area contributed by atoms with Crippen molar-refractivity contribution in [2.24, 2.45) is 0 Å². The fourth-order valence-corrected chi connectivity index (χ4v) is 4.24. The van der Waals surface area contributed by atoms with Crippen LogP contribution in [0.25, 0.3) is 4.96 Å². The molecule has 0 bridgehead atoms. The van der Waals surface area contributed by atoms with Gasteiger partial charge in [-0.25, -0.2) is 9.50 Å². The molecule has 3 aromatic rings. The number of nitro benzene ring substituents is 1. The molecule has 1 saturated heterocycles. The Morgan fingerprint density at radius 1 is 1.21 bits per heavy atom. The van der Waals surface area contributed by atoms with Crippen LogP contribution in [0.1, 0.15) is 32.0 Å². The summed E-state index contributed by atoms with van der Waals surface area (Å²) >= 11 is 1.62. The van der Waals surface area contributed by atoms with E-state index in [1.807, 2.05) is 16.8 Å². The van der Waals surface area contributed by atoms with Crippen LogP contribution in [-0.4, -0.2) is 50.6 Å². The first kappa shape index (κ1) is 18.8. The van der Waals surface area contributed by atoms with E-state index >= 15 is 0 Å². The van der Waals surface area contributed by atoms with Gasteiger partial charge in [0.05, 0.1) is 16.8 Å². The van der Waals surface area contributed by atoms with Gasteiger partial charge >= 0.3 is 0 Å². The fraction of sp³-hybridized carbons (Fsp3) is 0.474. The molecular formula is C19H24N6O2S. The van der Waals surface area contributed by atoms with Crippen LogP contribution in [-0.2, 0) is 12.0 Å². The minimum atomic E-state index is -0.342. The molecule has 148 valence electrons. The van der Waals surface area contributed by atoms with E-state index in [2.05, 4.69) is 30.6 Å². The molecule has 1 aliphatic rings. The van der Waals surface area contributed by atoms with E-state index in [-0.39, 0.29) is 16.0 Å². The second-order valence-electron chi connectivity index (χ2n) is 8.18. The molecule has 0 atom stereocenters. The maximum atomic E-state index is 10.9. The molecule has 0 spiro atoms. The van der Waals surface area contributed by atoms with Gasteiger partial charge in [0.15, 0.2) is 0 Å². The lowest BCUT2D eigenvalue weighted by Crippen LogP contribution is -2.46. The fourth-order valence-electron chi connectivity index (χ4n) is 3.30. The van der Waals surface area contributed by atoms with Crippen LogP contribution in [0.2, 0.25) is 0 Å². The Morgan fingerprint density at radius 2 is 1.96 bits per heavy atom. The summed E-state index contributed by atoms with van der Waals surface area (Å²) in [6.45, 7) is 10.8. The highest BCUT2D eigenvalue weighted by molar-refractivity contribution is 7.20. The van der Waals surface area contributed by atoms with Crippen LogP contribution in [0.3, 0.4) is 0 Å². The molecular weight excluding hydrogens is 376 g/mol. The second-order valence-corrected chi connectivity index (χ2v) is 9.11. The molecule has 0 amide bonds. The van der Waals surface area contributed by atoms with Gasteiger partial charge in [0.1, 0.15) is 0 Å². The predicted molar refractivity (Wildman–Crippen MR) is 110 cm³/mol. The van der Waals surface area contributed by atoms with E-state index in [0.29, 0.717) is 0 Å². The Balaban J connectivity index is 1.39. The first-order valence-electron chi connectivity index (χ1n) is 9.37. The normalized spacial score (nSPS) is 16.0. The molecule has 1 fully saturated rings. The van der Waals surface area contributed by atoms with Gasteiger partial charge in [-0.1, -0.05) is 44.2 Å². The highest BCUT2D eigenvalue weighted by Gasteiger charge is 2.23. The lowest BCUT2D eigenvalue weighted by molar-refractivity contribution is -0.384. The zero-order valence-corrected chi connectivity index (χ0v) is 17.1. The number of piperazine rings is 1. The smallest absolute Gasteiger partial charge is 0.269 e. The molecule has 1 aromatic carbocycles. The SMILES string of the molecule is CC(C)(C)c1cn2nc(N3CCN(Cc4cccc([N+](=O)[O-])c4)CC3)sc2n1. The number of benzene rings is 1. The van der Waals surface area contributed by atoms with Crippen LogP contribution >= 0.6 is 11.3 Å². The van der Waals surface area contributed by atoms with Crippen molar-refractivity contribution in [1.29, 1.82) is 0 Å². The molecule has 0 saturated carbocycles. The molecule has 0 N–H and O–H groups in total. The monoisotopic (exact) mass is 400 g/mol. The van der Waals surface area contributed by atoms with Crippen molar-refractivity contribution in [2.75, 3.05) is 31.1 Å². The quantitative estimate of drug-likeness (QED) is 0.494. The van der Waals surface area contributed by atoms with Crippen LogP contribution in [0.15, 0.2) is 30.5 Å². The van der Waals surface area contributed by atoms with Crippen molar-refractivity contribution in [3.63, 3.8) is 0 Å². The Kier molecular flexibility index (Phi) is 4.80. The number of rotatable bonds is 4. The maximum Gasteiger partial charge on any atom is 0.269 e. The lowest BCUT2D eigenvalue weighted by atomic mass is 9.93. The summed E-state index contributed by atoms with van der Waals surface area (Å²) in [6.07, 6.45) is 2.02. The minimum Gasteiger partial charge on any atom is -0.344 e. The Hall–Kier alpha value is -2.52. The van der Waals surface area contributed by atoms with Crippen molar-refractivity contribution in [1.82, 2.24) is 19.5 Å². The van der Waals surface area contributed by atoms with Crippen LogP contribution in [0.5, 0.6) is 0 Å². The average molecular weight is 401 g/mol. The van der Waals surface area contributed by atoms with E-state index < -0.39 is 0 Å². The summed E-state index contributed by atoms with van der Waals surface area (Å²) in [5.74, 6) is 0. The van der Waals surface area contributed by atoms with Crippen LogP contribution in [0.4, 0.5) is 10.8 Å². The first-order valence-corrected chi connectivity index (χ1v) is 10.2. The van der Waals surface area contributed by atoms with Gasteiger partial charge in [-0.2, -0.15) is 0 Å². The number of nitrogens with zero attached hydrogens (tertiary/aromatic N) is 6. The first-order chi connectivity index (χ1) is 13.3. The van der Waals surface area contributed by atoms with Gasteiger partial charge in [0.2, 0.25) is 10.1 Å². The van der Waals surface area contributed by atoms with Crippen molar-refractivity contribution < 1.29 is 4.92 Å². The highest BCUT2D eigenvalue weighted by Crippen LogP contribution is 2.28. The minimum absolute atomic E-state index is 0.0196. The number of non-ortho nitro benzene ring substituents is 1. The topological polar surface area (TPSA) is 79.8 Å². The molecule has 28 heavy (non-hydrogen) atoms. The summed E-state index contributed by atoms with van der Waals surface area (Å²) in [6, 6.07) is 6.89. The van der Waals surface area contributed by atoms with Crippen molar-refractivity contribution in [3.05, 3.63) is 51.8 Å². The summed E-state index contributed by atoms with van der Waals surface area (Å²) < 4.78 is 1.88. The summed E-state index contributed by atoms with van der Waals surface area (Å²) in [5, 5.41) is 16.7. The van der Waals surface area contributed by atoms with Gasteiger partial charge in [-0.05, 0) is 5.56 Å². The van der Waals surface area contributed by atoms with E-state index in [0.717, 1.165) is 54.1 Å². The van der Waals surface area contributed by atoms with Gasteiger partial charge in [-0.3, -0.25) is 15.0 Å². The van der Waals surface area contributed by atoms with Gasteiger partial charge < -0.3 is 4.90 Å². The Labute approximate surface area is 167 Å². The molecule has 9 heteroatoms. The predicted octanol–water partition coefficient (Wildman–Crippen LogP) is 3.32. The molecule has 0 unspecified atom stereocenters. The summed E-state index contributed by atoms with van der Waals surface area (Å²) in [7, 11) is 0. The third-order valence-electron chi connectivity index (χ3n) is 4.97. The molecule has 4 rings (SSSR count). The average Bonchev–Trinajstić information content (AvgIpc) is 3.21. The van der Waals surface area contributed by atoms with E-state index in [1.54, 1.807) is 23.5 Å². The second kappa shape index (κ2) is 7.14. The zero-order chi connectivity index (χ0) is 19.9. The number of nitro groups is 1. The molecule has 1 aliphatic heterocycles. The lowest BCUT2D eigenvalue weighted by Gasteiger charge is -2.34. The van der Waals surface area contributed by atoms with Gasteiger partial charge in [0.25, 0.3) is 5.69 Å². The third kappa shape index (κ3) is 3.85. The van der Waals surface area contributed by atoms with Crippen molar-refractivity contribution in [3.8, 4) is 0 Å².